The monoisotopic (exact) mass is 752 g/mol. The van der Waals surface area contributed by atoms with E-state index in [-0.39, 0.29) is 50.0 Å². The highest BCUT2D eigenvalue weighted by Crippen LogP contribution is 2.59. The summed E-state index contributed by atoms with van der Waals surface area (Å²) in [7, 11) is -4.96. The molecule has 4 aromatic rings. The van der Waals surface area contributed by atoms with E-state index in [0.717, 1.165) is 4.90 Å². The summed E-state index contributed by atoms with van der Waals surface area (Å²) in [5.74, 6) is -5.81. The smallest absolute Gasteiger partial charge is 0.324 e. The van der Waals surface area contributed by atoms with Crippen molar-refractivity contribution in [2.24, 2.45) is 11.3 Å². The number of benzene rings is 4. The Morgan fingerprint density at radius 1 is 0.722 bits per heavy atom. The van der Waals surface area contributed by atoms with E-state index in [9.17, 15) is 43.3 Å². The predicted molar refractivity (Wildman–Crippen MR) is 199 cm³/mol. The molecule has 280 valence electrons. The van der Waals surface area contributed by atoms with Crippen LogP contribution < -0.4 is 0 Å². The first kappa shape index (κ1) is 38.3. The molecule has 0 saturated heterocycles. The molecule has 4 amide bonds. The first-order valence-corrected chi connectivity index (χ1v) is 19.8. The molecule has 6 rings (SSSR count). The normalized spacial score (nSPS) is 16.7. The molecule has 2 heterocycles. The van der Waals surface area contributed by atoms with Gasteiger partial charge in [0.25, 0.3) is 23.6 Å². The van der Waals surface area contributed by atoms with Gasteiger partial charge in [-0.2, -0.15) is 0 Å². The van der Waals surface area contributed by atoms with Crippen molar-refractivity contribution in [3.05, 3.63) is 119 Å². The fourth-order valence-corrected chi connectivity index (χ4v) is 10.2. The van der Waals surface area contributed by atoms with E-state index in [1.54, 1.807) is 92.7 Å². The fraction of sp³-hybridized carbons (Fsp3) is 0.317. The van der Waals surface area contributed by atoms with Crippen LogP contribution in [0, 0.1) is 11.3 Å². The predicted octanol–water partition coefficient (Wildman–Crippen LogP) is 6.75. The lowest BCUT2D eigenvalue weighted by molar-refractivity contribution is -0.172. The molecule has 12 nitrogen and oxygen atoms in total. The number of hydrogen-bond donors (Lipinski definition) is 2. The van der Waals surface area contributed by atoms with Crippen LogP contribution in [0.1, 0.15) is 92.9 Å². The van der Waals surface area contributed by atoms with Crippen LogP contribution >= 0.6 is 7.37 Å². The summed E-state index contributed by atoms with van der Waals surface area (Å²) in [6.45, 7) is 3.13. The molecule has 0 radical (unpaired) electrons. The number of unbranched alkanes of at least 4 members (excludes halogenated alkanes) is 2. The Labute approximate surface area is 312 Å². The van der Waals surface area contributed by atoms with Gasteiger partial charge in [0.05, 0.1) is 16.8 Å². The number of carboxylic acid groups (broad SMARTS) is 1. The average Bonchev–Trinajstić information content (AvgIpc) is 3.40. The van der Waals surface area contributed by atoms with Crippen molar-refractivity contribution in [3.8, 4) is 0 Å². The summed E-state index contributed by atoms with van der Waals surface area (Å²) in [4.78, 5) is 95.0. The molecule has 2 aliphatic rings. The first-order valence-electron chi connectivity index (χ1n) is 17.9. The lowest BCUT2D eigenvalue weighted by atomic mass is 9.75. The van der Waals surface area contributed by atoms with Crippen molar-refractivity contribution >= 4 is 53.7 Å². The summed E-state index contributed by atoms with van der Waals surface area (Å²) in [5, 5.41) is 12.0. The van der Waals surface area contributed by atoms with Gasteiger partial charge in [-0.05, 0) is 60.4 Å². The van der Waals surface area contributed by atoms with Gasteiger partial charge in [-0.1, -0.05) is 93.4 Å². The number of carboxylic acids is 1. The number of amides is 4. The molecule has 0 aromatic heterocycles. The molecule has 0 bridgehead atoms. The van der Waals surface area contributed by atoms with E-state index in [0.29, 0.717) is 38.8 Å². The van der Waals surface area contributed by atoms with Gasteiger partial charge in [0.1, 0.15) is 12.9 Å². The number of rotatable bonds is 16. The maximum Gasteiger partial charge on any atom is 0.324 e. The van der Waals surface area contributed by atoms with Crippen LogP contribution in [-0.4, -0.2) is 73.9 Å². The lowest BCUT2D eigenvalue weighted by Gasteiger charge is -2.40. The molecule has 3 atom stereocenters. The molecule has 2 aliphatic heterocycles. The minimum atomic E-state index is -4.96. The van der Waals surface area contributed by atoms with Crippen molar-refractivity contribution in [1.82, 2.24) is 9.80 Å². The Bertz CT molecular complexity index is 2120. The number of aliphatic carboxylic acids is 1. The van der Waals surface area contributed by atoms with E-state index in [1.165, 1.54) is 12.1 Å². The Morgan fingerprint density at radius 2 is 1.26 bits per heavy atom. The maximum atomic E-state index is 14.9. The summed E-state index contributed by atoms with van der Waals surface area (Å²) < 4.78 is 20.5. The minimum absolute atomic E-state index is 0.0602. The molecular formula is C41H41N2O10P. The number of nitrogens with zero attached hydrogens (tertiary/aromatic N) is 2. The van der Waals surface area contributed by atoms with Crippen LogP contribution in [0.5, 0.6) is 0 Å². The van der Waals surface area contributed by atoms with Gasteiger partial charge in [-0.25, -0.2) is 0 Å². The molecule has 3 unspecified atom stereocenters. The molecular weight excluding hydrogens is 711 g/mol. The summed E-state index contributed by atoms with van der Waals surface area (Å²) in [5.41, 5.74) is -2.85. The van der Waals surface area contributed by atoms with E-state index in [1.807, 2.05) is 0 Å². The molecule has 0 saturated carbocycles. The van der Waals surface area contributed by atoms with Crippen LogP contribution in [0.3, 0.4) is 0 Å². The van der Waals surface area contributed by atoms with Gasteiger partial charge < -0.3 is 14.7 Å². The third-order valence-corrected chi connectivity index (χ3v) is 12.5. The third-order valence-electron chi connectivity index (χ3n) is 10.2. The quantitative estimate of drug-likeness (QED) is 0.0410. The highest BCUT2D eigenvalue weighted by Gasteiger charge is 2.60. The molecule has 13 heteroatoms. The Kier molecular flexibility index (Phi) is 11.0. The standard InChI is InChI=1S/C41H41N2O10P/c1-26(2)23-41(39(48)49,40(50)53-24-27-13-5-3-6-14-27)33(21-7-4-10-22-42-35(44)29-17-8-9-18-30(29)36(42)45)54(51,52)25-43-37(46)31-19-11-15-28-16-12-20-32(34(28)31)38(43)47/h3,5-6,8-9,11-20,26,33H,4,7,10,21-25H2,1-2H3,(H,48,49)(H,51,52). The van der Waals surface area contributed by atoms with Crippen LogP contribution in [0.4, 0.5) is 0 Å². The van der Waals surface area contributed by atoms with Gasteiger partial charge in [-0.3, -0.25) is 43.1 Å². The number of ether oxygens (including phenoxy) is 1. The zero-order chi connectivity index (χ0) is 38.8. The lowest BCUT2D eigenvalue weighted by Crippen LogP contribution is -2.52. The van der Waals surface area contributed by atoms with Gasteiger partial charge in [0.15, 0.2) is 5.41 Å². The topological polar surface area (TPSA) is 176 Å². The van der Waals surface area contributed by atoms with E-state index < -0.39 is 66.2 Å². The second-order valence-corrected chi connectivity index (χ2v) is 16.7. The van der Waals surface area contributed by atoms with E-state index >= 15 is 0 Å². The van der Waals surface area contributed by atoms with Crippen LogP contribution in [0.25, 0.3) is 10.8 Å². The highest BCUT2D eigenvalue weighted by atomic mass is 31.2. The zero-order valence-corrected chi connectivity index (χ0v) is 30.9. The third kappa shape index (κ3) is 7.11. The van der Waals surface area contributed by atoms with Crippen LogP contribution in [-0.2, 0) is 25.5 Å². The largest absolute Gasteiger partial charge is 0.480 e. The first-order chi connectivity index (χ1) is 25.8. The van der Waals surface area contributed by atoms with E-state index in [2.05, 4.69) is 0 Å². The highest BCUT2D eigenvalue weighted by molar-refractivity contribution is 7.59. The Hall–Kier alpha value is -5.45. The molecule has 4 aromatic carbocycles. The maximum absolute atomic E-state index is 14.9. The fourth-order valence-electron chi connectivity index (χ4n) is 7.70. The van der Waals surface area contributed by atoms with Crippen LogP contribution in [0.2, 0.25) is 0 Å². The summed E-state index contributed by atoms with van der Waals surface area (Å²) in [6, 6.07) is 24.9. The summed E-state index contributed by atoms with van der Waals surface area (Å²) >= 11 is 0. The number of fused-ring (bicyclic) bond motifs is 1. The second-order valence-electron chi connectivity index (χ2n) is 14.3. The van der Waals surface area contributed by atoms with Crippen molar-refractivity contribution in [2.45, 2.75) is 58.2 Å². The van der Waals surface area contributed by atoms with Gasteiger partial charge in [-0.15, -0.1) is 0 Å². The zero-order valence-electron chi connectivity index (χ0n) is 30.0. The molecule has 54 heavy (non-hydrogen) atoms. The molecule has 0 aliphatic carbocycles. The van der Waals surface area contributed by atoms with Crippen molar-refractivity contribution < 1.29 is 48.1 Å². The average molecular weight is 753 g/mol. The second kappa shape index (κ2) is 15.5. The van der Waals surface area contributed by atoms with Crippen molar-refractivity contribution in [2.75, 3.05) is 12.8 Å². The van der Waals surface area contributed by atoms with E-state index in [4.69, 9.17) is 4.74 Å². The van der Waals surface area contributed by atoms with Gasteiger partial charge in [0, 0.05) is 23.1 Å². The minimum Gasteiger partial charge on any atom is -0.480 e. The Balaban J connectivity index is 1.30. The molecule has 2 N–H and O–H groups in total. The molecule has 0 spiro atoms. The number of hydrogen-bond acceptors (Lipinski definition) is 8. The van der Waals surface area contributed by atoms with Gasteiger partial charge >= 0.3 is 11.9 Å². The number of carbonyl (C=O) groups is 6. The number of imide groups is 2. The number of carbonyl (C=O) groups excluding carboxylic acids is 5. The van der Waals surface area contributed by atoms with Crippen LogP contribution in [0.15, 0.2) is 91.0 Å². The SMILES string of the molecule is CC(C)CC(C(=O)O)(C(=O)OCc1ccccc1)C(CCCCCN1C(=O)c2ccccc2C1=O)P(=O)(O)CN1C(=O)c2cccc3cccc(c23)C1=O. The van der Waals surface area contributed by atoms with Gasteiger partial charge in [0.2, 0.25) is 7.37 Å². The number of esters is 1. The summed E-state index contributed by atoms with van der Waals surface area (Å²) in [6.07, 6.45) is -0.991. The van der Waals surface area contributed by atoms with Crippen molar-refractivity contribution in [3.63, 3.8) is 0 Å². The Morgan fingerprint density at radius 3 is 1.81 bits per heavy atom. The molecule has 0 fully saturated rings. The van der Waals surface area contributed by atoms with Crippen molar-refractivity contribution in [1.29, 1.82) is 0 Å².